The van der Waals surface area contributed by atoms with Gasteiger partial charge in [0.25, 0.3) is 0 Å². The zero-order chi connectivity index (χ0) is 15.6. The second-order valence-corrected chi connectivity index (χ2v) is 6.23. The maximum atomic E-state index is 13.6. The number of hydrogen-bond acceptors (Lipinski definition) is 4. The average molecular weight is 316 g/mol. The smallest absolute Gasteiger partial charge is 0.243 e. The number of benzene rings is 1. The number of nitrogen functional groups attached to an aromatic ring is 1. The topological polar surface area (TPSA) is 90.0 Å². The predicted molar refractivity (Wildman–Crippen MR) is 72.9 cm³/mol. The number of rotatable bonds is 5. The molecule has 9 heteroatoms. The van der Waals surface area contributed by atoms with E-state index in [2.05, 4.69) is 9.82 Å². The standard InChI is InChI=1S/C12H14F2N4O2S/c1-8-6-16-18(7-8)3-2-17-21(19,20)11-5-9(15)4-10(13)12(11)14/h4-7,17H,2-3,15H2,1H3. The molecular weight excluding hydrogens is 302 g/mol. The summed E-state index contributed by atoms with van der Waals surface area (Å²) in [6.07, 6.45) is 3.36. The molecule has 1 heterocycles. The van der Waals surface area contributed by atoms with E-state index in [1.165, 1.54) is 4.68 Å². The number of nitrogens with zero attached hydrogens (tertiary/aromatic N) is 2. The second-order valence-electron chi connectivity index (χ2n) is 4.49. The van der Waals surface area contributed by atoms with E-state index < -0.39 is 26.6 Å². The first-order valence-corrected chi connectivity index (χ1v) is 7.51. The van der Waals surface area contributed by atoms with Crippen LogP contribution in [0.25, 0.3) is 0 Å². The monoisotopic (exact) mass is 316 g/mol. The number of nitrogens with one attached hydrogen (secondary N) is 1. The lowest BCUT2D eigenvalue weighted by molar-refractivity contribution is 0.483. The predicted octanol–water partition coefficient (Wildman–Crippen LogP) is 1.03. The van der Waals surface area contributed by atoms with E-state index in [1.54, 1.807) is 12.4 Å². The highest BCUT2D eigenvalue weighted by atomic mass is 32.2. The summed E-state index contributed by atoms with van der Waals surface area (Å²) in [5.41, 5.74) is 6.10. The molecule has 1 aromatic heterocycles. The molecule has 0 aliphatic carbocycles. The summed E-state index contributed by atoms with van der Waals surface area (Å²) in [7, 11) is -4.19. The van der Waals surface area contributed by atoms with Crippen molar-refractivity contribution in [2.75, 3.05) is 12.3 Å². The summed E-state index contributed by atoms with van der Waals surface area (Å²) in [4.78, 5) is -0.809. The Labute approximate surface area is 120 Å². The van der Waals surface area contributed by atoms with E-state index in [0.29, 0.717) is 0 Å². The van der Waals surface area contributed by atoms with Crippen LogP contribution in [0, 0.1) is 18.6 Å². The Bertz CT molecular complexity index is 759. The Hall–Kier alpha value is -2.00. The molecule has 2 aromatic rings. The number of aromatic nitrogens is 2. The Kier molecular flexibility index (Phi) is 4.24. The largest absolute Gasteiger partial charge is 0.399 e. The molecule has 0 spiro atoms. The van der Waals surface area contributed by atoms with Crippen LogP contribution in [0.3, 0.4) is 0 Å². The molecule has 21 heavy (non-hydrogen) atoms. The van der Waals surface area contributed by atoms with Crippen LogP contribution >= 0.6 is 0 Å². The molecule has 0 fully saturated rings. The van der Waals surface area contributed by atoms with E-state index in [4.69, 9.17) is 5.73 Å². The maximum absolute atomic E-state index is 13.6. The molecule has 3 N–H and O–H groups in total. The summed E-state index contributed by atoms with van der Waals surface area (Å²) in [5.74, 6) is -2.76. The van der Waals surface area contributed by atoms with Crippen LogP contribution in [0.5, 0.6) is 0 Å². The fraction of sp³-hybridized carbons (Fsp3) is 0.250. The lowest BCUT2D eigenvalue weighted by Gasteiger charge is -2.09. The number of hydrogen-bond donors (Lipinski definition) is 2. The molecule has 0 amide bonds. The molecule has 0 unspecified atom stereocenters. The van der Waals surface area contributed by atoms with E-state index in [1.807, 2.05) is 6.92 Å². The molecule has 0 aliphatic rings. The van der Waals surface area contributed by atoms with Gasteiger partial charge in [-0.15, -0.1) is 0 Å². The molecule has 0 saturated heterocycles. The van der Waals surface area contributed by atoms with Gasteiger partial charge < -0.3 is 5.73 Å². The molecule has 114 valence electrons. The van der Waals surface area contributed by atoms with Gasteiger partial charge in [-0.05, 0) is 24.6 Å². The van der Waals surface area contributed by atoms with Crippen molar-refractivity contribution in [3.05, 3.63) is 41.7 Å². The first kappa shape index (κ1) is 15.4. The van der Waals surface area contributed by atoms with Crippen LogP contribution in [0.15, 0.2) is 29.4 Å². The van der Waals surface area contributed by atoms with Crippen molar-refractivity contribution in [3.8, 4) is 0 Å². The molecule has 0 saturated carbocycles. The highest BCUT2D eigenvalue weighted by Crippen LogP contribution is 2.20. The Balaban J connectivity index is 2.12. The summed E-state index contributed by atoms with van der Waals surface area (Å²) < 4.78 is 54.4. The average Bonchev–Trinajstić information content (AvgIpc) is 2.79. The zero-order valence-corrected chi connectivity index (χ0v) is 12.0. The maximum Gasteiger partial charge on any atom is 0.243 e. The van der Waals surface area contributed by atoms with E-state index in [0.717, 1.165) is 17.7 Å². The third kappa shape index (κ3) is 3.56. The van der Waals surface area contributed by atoms with Gasteiger partial charge >= 0.3 is 0 Å². The van der Waals surface area contributed by atoms with Gasteiger partial charge in [0.1, 0.15) is 4.90 Å². The van der Waals surface area contributed by atoms with E-state index in [-0.39, 0.29) is 18.8 Å². The van der Waals surface area contributed by atoms with Crippen molar-refractivity contribution in [2.45, 2.75) is 18.4 Å². The summed E-state index contributed by atoms with van der Waals surface area (Å²) >= 11 is 0. The van der Waals surface area contributed by atoms with Crippen LogP contribution in [-0.2, 0) is 16.6 Å². The highest BCUT2D eigenvalue weighted by molar-refractivity contribution is 7.89. The van der Waals surface area contributed by atoms with Gasteiger partial charge in [0, 0.05) is 18.4 Å². The fourth-order valence-electron chi connectivity index (χ4n) is 1.74. The lowest BCUT2D eigenvalue weighted by Crippen LogP contribution is -2.28. The van der Waals surface area contributed by atoms with Gasteiger partial charge in [0.05, 0.1) is 12.7 Å². The first-order valence-electron chi connectivity index (χ1n) is 6.03. The second kappa shape index (κ2) is 5.78. The van der Waals surface area contributed by atoms with Crippen LogP contribution in [-0.4, -0.2) is 24.7 Å². The van der Waals surface area contributed by atoms with Gasteiger partial charge in [-0.1, -0.05) is 0 Å². The molecule has 6 nitrogen and oxygen atoms in total. The van der Waals surface area contributed by atoms with Gasteiger partial charge in [-0.2, -0.15) is 5.10 Å². The fourth-order valence-corrected chi connectivity index (χ4v) is 2.88. The SMILES string of the molecule is Cc1cnn(CCNS(=O)(=O)c2cc(N)cc(F)c2F)c1. The Morgan fingerprint density at radius 3 is 2.71 bits per heavy atom. The zero-order valence-electron chi connectivity index (χ0n) is 11.2. The van der Waals surface area contributed by atoms with Crippen molar-refractivity contribution >= 4 is 15.7 Å². The molecular formula is C12H14F2N4O2S. The van der Waals surface area contributed by atoms with Crippen LogP contribution in [0.2, 0.25) is 0 Å². The minimum absolute atomic E-state index is 0.0146. The van der Waals surface area contributed by atoms with E-state index >= 15 is 0 Å². The Morgan fingerprint density at radius 1 is 1.38 bits per heavy atom. The molecule has 0 atom stereocenters. The lowest BCUT2D eigenvalue weighted by atomic mass is 10.3. The minimum Gasteiger partial charge on any atom is -0.399 e. The molecule has 0 aliphatic heterocycles. The minimum atomic E-state index is -4.19. The number of nitrogens with two attached hydrogens (primary N) is 1. The van der Waals surface area contributed by atoms with Crippen LogP contribution < -0.4 is 10.5 Å². The van der Waals surface area contributed by atoms with Gasteiger partial charge in [0.15, 0.2) is 11.6 Å². The molecule has 1 aromatic carbocycles. The van der Waals surface area contributed by atoms with Crippen molar-refractivity contribution in [1.29, 1.82) is 0 Å². The van der Waals surface area contributed by atoms with Crippen molar-refractivity contribution in [3.63, 3.8) is 0 Å². The first-order chi connectivity index (χ1) is 9.79. The van der Waals surface area contributed by atoms with Gasteiger partial charge in [-0.25, -0.2) is 21.9 Å². The number of aryl methyl sites for hydroxylation is 1. The van der Waals surface area contributed by atoms with E-state index in [9.17, 15) is 17.2 Å². The van der Waals surface area contributed by atoms with Crippen LogP contribution in [0.4, 0.5) is 14.5 Å². The summed E-state index contributed by atoms with van der Waals surface area (Å²) in [6, 6.07) is 1.60. The van der Waals surface area contributed by atoms with Gasteiger partial charge in [-0.3, -0.25) is 4.68 Å². The molecule has 0 bridgehead atoms. The molecule has 2 rings (SSSR count). The highest BCUT2D eigenvalue weighted by Gasteiger charge is 2.22. The van der Waals surface area contributed by atoms with Crippen LogP contribution in [0.1, 0.15) is 5.56 Å². The third-order valence-electron chi connectivity index (χ3n) is 2.70. The molecule has 0 radical (unpaired) electrons. The van der Waals surface area contributed by atoms with Crippen molar-refractivity contribution < 1.29 is 17.2 Å². The Morgan fingerprint density at radius 2 is 2.10 bits per heavy atom. The quantitative estimate of drug-likeness (QED) is 0.806. The van der Waals surface area contributed by atoms with Gasteiger partial charge in [0.2, 0.25) is 10.0 Å². The number of halogens is 2. The van der Waals surface area contributed by atoms with Crippen molar-refractivity contribution in [2.24, 2.45) is 0 Å². The third-order valence-corrected chi connectivity index (χ3v) is 4.16. The normalized spacial score (nSPS) is 11.8. The number of anilines is 1. The summed E-state index contributed by atoms with van der Waals surface area (Å²) in [6.45, 7) is 2.09. The number of sulfonamides is 1. The summed E-state index contributed by atoms with van der Waals surface area (Å²) in [5, 5.41) is 3.98. The van der Waals surface area contributed by atoms with Crippen molar-refractivity contribution in [1.82, 2.24) is 14.5 Å².